The standard InChI is InChI=1S/C34H34F6N2O4.2CH4/c1-18-3-5-19(6-4-18)15-20-7-11-23(12-8-20)42-30(45)25-14-10-22(17-27(25)31(42)46)32(33(35,36)37,34(38,39)40)21-9-13-24-26(16-21)29(44)41(2)28(24)43;;/h9-10,13-14,16-20,23H,3-8,11-12,15H2,1-2H3;2*1H4. The zero-order chi connectivity index (χ0) is 33.3. The van der Waals surface area contributed by atoms with E-state index in [1.807, 2.05) is 0 Å². The molecule has 0 atom stereocenters. The summed E-state index contributed by atoms with van der Waals surface area (Å²) in [6.07, 6.45) is -3.48. The molecular weight excluding hydrogens is 638 g/mol. The van der Waals surface area contributed by atoms with Gasteiger partial charge in [-0.1, -0.05) is 59.6 Å². The minimum absolute atomic E-state index is 0. The van der Waals surface area contributed by atoms with Crippen LogP contribution >= 0.6 is 0 Å². The molecule has 4 aliphatic rings. The Balaban J connectivity index is 0.00000260. The molecule has 2 fully saturated rings. The molecule has 0 saturated heterocycles. The summed E-state index contributed by atoms with van der Waals surface area (Å²) in [5, 5.41) is 0. The maximum absolute atomic E-state index is 14.9. The Morgan fingerprint density at radius 3 is 1.48 bits per heavy atom. The second kappa shape index (κ2) is 13.0. The summed E-state index contributed by atoms with van der Waals surface area (Å²) in [6.45, 7) is 2.26. The van der Waals surface area contributed by atoms with E-state index in [-0.39, 0.29) is 26.0 Å². The number of hydrogen-bond acceptors (Lipinski definition) is 4. The van der Waals surface area contributed by atoms with Crippen LogP contribution in [0, 0.1) is 17.8 Å². The SMILES string of the molecule is C.C.CC1CCC(CC2CCC(N3C(=O)c4ccc(C(c5ccc6c(c5)C(=O)N(C)C6=O)(C(F)(F)F)C(F)(F)F)cc4C3=O)CC2)CC1. The lowest BCUT2D eigenvalue weighted by Crippen LogP contribution is -2.55. The number of amides is 4. The van der Waals surface area contributed by atoms with Crippen LogP contribution in [-0.2, 0) is 5.41 Å². The highest BCUT2D eigenvalue weighted by Crippen LogP contribution is 2.57. The van der Waals surface area contributed by atoms with Crippen LogP contribution < -0.4 is 0 Å². The molecule has 0 N–H and O–H groups in total. The van der Waals surface area contributed by atoms with Crippen LogP contribution in [0.15, 0.2) is 36.4 Å². The molecule has 6 nitrogen and oxygen atoms in total. The van der Waals surface area contributed by atoms with Crippen LogP contribution in [-0.4, -0.2) is 58.9 Å². The van der Waals surface area contributed by atoms with E-state index in [2.05, 4.69) is 6.92 Å². The van der Waals surface area contributed by atoms with Crippen molar-refractivity contribution in [2.75, 3.05) is 7.05 Å². The molecule has 0 radical (unpaired) electrons. The zero-order valence-electron chi connectivity index (χ0n) is 25.4. The smallest absolute Gasteiger partial charge is 0.277 e. The number of hydrogen-bond donors (Lipinski definition) is 0. The molecule has 2 aromatic rings. The number of rotatable bonds is 5. The molecule has 4 amide bonds. The summed E-state index contributed by atoms with van der Waals surface area (Å²) in [5.74, 6) is -1.69. The average Bonchev–Trinajstić information content (AvgIpc) is 3.37. The van der Waals surface area contributed by atoms with Crippen molar-refractivity contribution in [3.63, 3.8) is 0 Å². The molecule has 48 heavy (non-hydrogen) atoms. The highest BCUT2D eigenvalue weighted by atomic mass is 19.4. The van der Waals surface area contributed by atoms with Crippen LogP contribution in [0.2, 0.25) is 0 Å². The van der Waals surface area contributed by atoms with Crippen molar-refractivity contribution in [1.29, 1.82) is 0 Å². The van der Waals surface area contributed by atoms with Crippen molar-refractivity contribution in [3.05, 3.63) is 69.8 Å². The minimum atomic E-state index is -5.99. The molecule has 2 aliphatic carbocycles. The number of benzene rings is 2. The zero-order valence-corrected chi connectivity index (χ0v) is 25.4. The third-order valence-electron chi connectivity index (χ3n) is 10.7. The molecule has 0 bridgehead atoms. The summed E-state index contributed by atoms with van der Waals surface area (Å²) < 4.78 is 89.5. The Morgan fingerprint density at radius 2 is 1.00 bits per heavy atom. The van der Waals surface area contributed by atoms with Gasteiger partial charge in [0.1, 0.15) is 0 Å². The fourth-order valence-corrected chi connectivity index (χ4v) is 8.08. The van der Waals surface area contributed by atoms with Crippen molar-refractivity contribution >= 4 is 23.6 Å². The summed E-state index contributed by atoms with van der Waals surface area (Å²) in [6, 6.07) is 3.19. The molecule has 2 aromatic carbocycles. The van der Waals surface area contributed by atoms with Gasteiger partial charge in [0.2, 0.25) is 5.41 Å². The number of imide groups is 2. The minimum Gasteiger partial charge on any atom is -0.277 e. The third-order valence-corrected chi connectivity index (χ3v) is 10.7. The van der Waals surface area contributed by atoms with E-state index >= 15 is 0 Å². The molecule has 12 heteroatoms. The lowest BCUT2D eigenvalue weighted by atomic mass is 9.71. The fourth-order valence-electron chi connectivity index (χ4n) is 8.08. The van der Waals surface area contributed by atoms with E-state index in [1.54, 1.807) is 0 Å². The van der Waals surface area contributed by atoms with Crippen molar-refractivity contribution in [3.8, 4) is 0 Å². The van der Waals surface area contributed by atoms with Crippen LogP contribution in [0.3, 0.4) is 0 Å². The summed E-state index contributed by atoms with van der Waals surface area (Å²) in [5.41, 5.74) is -8.99. The molecule has 2 aliphatic heterocycles. The van der Waals surface area contributed by atoms with Gasteiger partial charge < -0.3 is 0 Å². The number of carbonyl (C=O) groups excluding carboxylic acids is 4. The van der Waals surface area contributed by atoms with Gasteiger partial charge in [-0.2, -0.15) is 26.3 Å². The van der Waals surface area contributed by atoms with E-state index in [1.165, 1.54) is 25.7 Å². The van der Waals surface area contributed by atoms with E-state index in [4.69, 9.17) is 0 Å². The van der Waals surface area contributed by atoms with Crippen molar-refractivity contribution in [2.24, 2.45) is 17.8 Å². The lowest BCUT2D eigenvalue weighted by Gasteiger charge is -2.38. The normalized spacial score (nSPS) is 24.7. The highest BCUT2D eigenvalue weighted by molar-refractivity contribution is 6.22. The van der Waals surface area contributed by atoms with Gasteiger partial charge in [-0.15, -0.1) is 0 Å². The number of nitrogens with zero attached hydrogens (tertiary/aromatic N) is 2. The summed E-state index contributed by atoms with van der Waals surface area (Å²) in [7, 11) is 1.07. The van der Waals surface area contributed by atoms with Crippen molar-refractivity contribution in [1.82, 2.24) is 9.80 Å². The molecular formula is C36H42F6N2O4. The third kappa shape index (κ3) is 5.72. The van der Waals surface area contributed by atoms with Gasteiger partial charge in [-0.05, 0) is 85.3 Å². The summed E-state index contributed by atoms with van der Waals surface area (Å²) in [4.78, 5) is 53.4. The first kappa shape index (κ1) is 37.1. The second-order valence-electron chi connectivity index (χ2n) is 13.5. The van der Waals surface area contributed by atoms with E-state index in [0.29, 0.717) is 53.8 Å². The number of halogens is 6. The van der Waals surface area contributed by atoms with Gasteiger partial charge in [0.15, 0.2) is 0 Å². The molecule has 0 spiro atoms. The first-order valence-electron chi connectivity index (χ1n) is 15.7. The molecule has 6 rings (SSSR count). The van der Waals surface area contributed by atoms with Gasteiger partial charge in [0, 0.05) is 13.1 Å². The maximum Gasteiger partial charge on any atom is 0.411 e. The van der Waals surface area contributed by atoms with E-state index in [9.17, 15) is 45.5 Å². The predicted octanol–water partition coefficient (Wildman–Crippen LogP) is 8.97. The number of carbonyl (C=O) groups is 4. The largest absolute Gasteiger partial charge is 0.411 e. The Labute approximate surface area is 276 Å². The van der Waals surface area contributed by atoms with Crippen molar-refractivity contribution < 1.29 is 45.5 Å². The topological polar surface area (TPSA) is 74.8 Å². The Morgan fingerprint density at radius 1 is 0.604 bits per heavy atom. The molecule has 0 unspecified atom stereocenters. The Bertz CT molecular complexity index is 1590. The van der Waals surface area contributed by atoms with Gasteiger partial charge >= 0.3 is 12.4 Å². The fraction of sp³-hybridized carbons (Fsp3) is 0.556. The number of fused-ring (bicyclic) bond motifs is 2. The Kier molecular flexibility index (Phi) is 10.0. The molecule has 2 heterocycles. The lowest BCUT2D eigenvalue weighted by molar-refractivity contribution is -0.288. The quantitative estimate of drug-likeness (QED) is 0.234. The van der Waals surface area contributed by atoms with Gasteiger partial charge in [0.25, 0.3) is 23.6 Å². The highest BCUT2D eigenvalue weighted by Gasteiger charge is 2.73. The number of alkyl halides is 6. The first-order valence-corrected chi connectivity index (χ1v) is 15.7. The second-order valence-corrected chi connectivity index (χ2v) is 13.5. The molecule has 0 aromatic heterocycles. The average molecular weight is 681 g/mol. The van der Waals surface area contributed by atoms with Crippen LogP contribution in [0.1, 0.15) is 132 Å². The predicted molar refractivity (Wildman–Crippen MR) is 168 cm³/mol. The Hall–Kier alpha value is -3.70. The maximum atomic E-state index is 14.9. The van der Waals surface area contributed by atoms with Gasteiger partial charge in [-0.25, -0.2) is 0 Å². The van der Waals surface area contributed by atoms with Crippen LogP contribution in [0.25, 0.3) is 0 Å². The van der Waals surface area contributed by atoms with Crippen molar-refractivity contribution in [2.45, 2.75) is 103 Å². The monoisotopic (exact) mass is 680 g/mol. The van der Waals surface area contributed by atoms with Crippen LogP contribution in [0.5, 0.6) is 0 Å². The molecule has 262 valence electrons. The van der Waals surface area contributed by atoms with Crippen LogP contribution in [0.4, 0.5) is 26.3 Å². The van der Waals surface area contributed by atoms with Gasteiger partial charge in [-0.3, -0.25) is 29.0 Å². The van der Waals surface area contributed by atoms with E-state index in [0.717, 1.165) is 49.3 Å². The first-order chi connectivity index (χ1) is 21.6. The summed E-state index contributed by atoms with van der Waals surface area (Å²) >= 11 is 0. The van der Waals surface area contributed by atoms with Gasteiger partial charge in [0.05, 0.1) is 22.3 Å². The van der Waals surface area contributed by atoms with E-state index < -0.39 is 69.7 Å². The molecule has 2 saturated carbocycles.